The molecule has 0 saturated heterocycles. The van der Waals surface area contributed by atoms with Gasteiger partial charge in [0, 0.05) is 18.9 Å². The lowest BCUT2D eigenvalue weighted by molar-refractivity contribution is 0.102. The Morgan fingerprint density at radius 2 is 2.10 bits per heavy atom. The molecule has 0 radical (unpaired) electrons. The SMILES string of the molecule is Cc1ccc(C(=O)Nc2nn(C)cc2S(N)(=O)=O)c(=O)[nH]1. The number of aromatic amines is 1. The molecule has 10 heteroatoms. The molecule has 2 heterocycles. The van der Waals surface area contributed by atoms with E-state index in [9.17, 15) is 18.0 Å². The maximum atomic E-state index is 12.0. The van der Waals surface area contributed by atoms with Gasteiger partial charge < -0.3 is 10.3 Å². The minimum Gasteiger partial charge on any atom is -0.326 e. The minimum atomic E-state index is -4.04. The number of nitrogens with one attached hydrogen (secondary N) is 2. The Morgan fingerprint density at radius 3 is 2.67 bits per heavy atom. The predicted molar refractivity (Wildman–Crippen MR) is 74.3 cm³/mol. The highest BCUT2D eigenvalue weighted by Gasteiger charge is 2.21. The van der Waals surface area contributed by atoms with E-state index in [1.807, 2.05) is 0 Å². The normalized spacial score (nSPS) is 11.4. The fraction of sp³-hybridized carbons (Fsp3) is 0.182. The van der Waals surface area contributed by atoms with Crippen LogP contribution in [0.2, 0.25) is 0 Å². The smallest absolute Gasteiger partial charge is 0.262 e. The number of sulfonamides is 1. The second-order valence-electron chi connectivity index (χ2n) is 4.40. The average Bonchev–Trinajstić information content (AvgIpc) is 2.69. The summed E-state index contributed by atoms with van der Waals surface area (Å²) in [4.78, 5) is 25.8. The summed E-state index contributed by atoms with van der Waals surface area (Å²) in [6.07, 6.45) is 1.16. The van der Waals surface area contributed by atoms with Gasteiger partial charge in [-0.15, -0.1) is 0 Å². The van der Waals surface area contributed by atoms with Crippen molar-refractivity contribution in [1.29, 1.82) is 0 Å². The van der Waals surface area contributed by atoms with Gasteiger partial charge in [0.15, 0.2) is 5.82 Å². The molecule has 0 aliphatic carbocycles. The molecule has 0 atom stereocenters. The number of H-pyrrole nitrogens is 1. The van der Waals surface area contributed by atoms with E-state index < -0.39 is 21.5 Å². The Kier molecular flexibility index (Phi) is 3.66. The maximum absolute atomic E-state index is 12.0. The summed E-state index contributed by atoms with van der Waals surface area (Å²) < 4.78 is 24.0. The first-order valence-electron chi connectivity index (χ1n) is 5.76. The molecular weight excluding hydrogens is 298 g/mol. The molecule has 0 spiro atoms. The number of hydrogen-bond donors (Lipinski definition) is 3. The lowest BCUT2D eigenvalue weighted by Crippen LogP contribution is -2.24. The fourth-order valence-electron chi connectivity index (χ4n) is 1.69. The van der Waals surface area contributed by atoms with Gasteiger partial charge in [-0.1, -0.05) is 0 Å². The van der Waals surface area contributed by atoms with Gasteiger partial charge in [-0.3, -0.25) is 14.3 Å². The van der Waals surface area contributed by atoms with Gasteiger partial charge in [0.2, 0.25) is 10.0 Å². The molecule has 2 rings (SSSR count). The highest BCUT2D eigenvalue weighted by atomic mass is 32.2. The molecule has 2 aromatic heterocycles. The van der Waals surface area contributed by atoms with Gasteiger partial charge in [0.1, 0.15) is 10.5 Å². The van der Waals surface area contributed by atoms with Crippen LogP contribution in [0.1, 0.15) is 16.1 Å². The Balaban J connectivity index is 2.39. The van der Waals surface area contributed by atoms with Crippen molar-refractivity contribution >= 4 is 21.7 Å². The van der Waals surface area contributed by atoms with Crippen molar-refractivity contribution in [2.24, 2.45) is 12.2 Å². The third kappa shape index (κ3) is 3.17. The molecular formula is C11H13N5O4S. The van der Waals surface area contributed by atoms with Crippen molar-refractivity contribution in [1.82, 2.24) is 14.8 Å². The van der Waals surface area contributed by atoms with Crippen molar-refractivity contribution in [3.8, 4) is 0 Å². The number of nitrogens with zero attached hydrogens (tertiary/aromatic N) is 2. The molecule has 4 N–H and O–H groups in total. The zero-order valence-electron chi connectivity index (χ0n) is 11.2. The van der Waals surface area contributed by atoms with Crippen molar-refractivity contribution in [3.63, 3.8) is 0 Å². The summed E-state index contributed by atoms with van der Waals surface area (Å²) in [6, 6.07) is 2.89. The van der Waals surface area contributed by atoms with E-state index in [2.05, 4.69) is 15.4 Å². The van der Waals surface area contributed by atoms with Crippen molar-refractivity contribution in [2.45, 2.75) is 11.8 Å². The summed E-state index contributed by atoms with van der Waals surface area (Å²) in [5.41, 5.74) is -0.146. The van der Waals surface area contributed by atoms with Gasteiger partial charge >= 0.3 is 0 Å². The number of hydrogen-bond acceptors (Lipinski definition) is 5. The number of aryl methyl sites for hydroxylation is 2. The van der Waals surface area contributed by atoms with Crippen LogP contribution in [0.3, 0.4) is 0 Å². The molecule has 2 aromatic rings. The van der Waals surface area contributed by atoms with Crippen LogP contribution in [-0.4, -0.2) is 29.1 Å². The van der Waals surface area contributed by atoms with Crippen molar-refractivity contribution in [3.05, 3.63) is 39.9 Å². The first kappa shape index (κ1) is 14.9. The Labute approximate surface area is 119 Å². The number of pyridine rings is 1. The molecule has 112 valence electrons. The fourth-order valence-corrected chi connectivity index (χ4v) is 2.35. The highest BCUT2D eigenvalue weighted by molar-refractivity contribution is 7.89. The van der Waals surface area contributed by atoms with Crippen LogP contribution in [0.4, 0.5) is 5.82 Å². The maximum Gasteiger partial charge on any atom is 0.262 e. The standard InChI is InChI=1S/C11H13N5O4S/c1-6-3-4-7(10(17)13-6)11(18)14-9-8(21(12,19)20)5-16(2)15-9/h3-5H,1-2H3,(H,13,17)(H2,12,19,20)(H,14,15,18). The van der Waals surface area contributed by atoms with Crippen LogP contribution in [0.25, 0.3) is 0 Å². The molecule has 0 bridgehead atoms. The largest absolute Gasteiger partial charge is 0.326 e. The molecule has 21 heavy (non-hydrogen) atoms. The Bertz CT molecular complexity index is 865. The van der Waals surface area contributed by atoms with E-state index in [0.717, 1.165) is 6.20 Å². The number of carbonyl (C=O) groups is 1. The quantitative estimate of drug-likeness (QED) is 0.688. The minimum absolute atomic E-state index is 0.161. The van der Waals surface area contributed by atoms with Crippen LogP contribution < -0.4 is 16.0 Å². The van der Waals surface area contributed by atoms with Gasteiger partial charge in [0.25, 0.3) is 11.5 Å². The third-order valence-electron chi connectivity index (χ3n) is 2.63. The lowest BCUT2D eigenvalue weighted by atomic mass is 10.2. The molecule has 0 unspecified atom stereocenters. The molecule has 9 nitrogen and oxygen atoms in total. The van der Waals surface area contributed by atoms with Gasteiger partial charge in [-0.05, 0) is 19.1 Å². The van der Waals surface area contributed by atoms with E-state index >= 15 is 0 Å². The van der Waals surface area contributed by atoms with Crippen LogP contribution >= 0.6 is 0 Å². The number of amides is 1. The Hall–Kier alpha value is -2.46. The summed E-state index contributed by atoms with van der Waals surface area (Å²) in [5.74, 6) is -1.01. The second kappa shape index (κ2) is 5.14. The average molecular weight is 311 g/mol. The first-order valence-corrected chi connectivity index (χ1v) is 7.31. The number of anilines is 1. The van der Waals surface area contributed by atoms with Gasteiger partial charge in [-0.2, -0.15) is 5.10 Å². The number of rotatable bonds is 3. The van der Waals surface area contributed by atoms with E-state index in [4.69, 9.17) is 5.14 Å². The van der Waals surface area contributed by atoms with Gasteiger partial charge in [0.05, 0.1) is 0 Å². The summed E-state index contributed by atoms with van der Waals surface area (Å²) in [5, 5.41) is 11.1. The zero-order chi connectivity index (χ0) is 15.8. The molecule has 0 aromatic carbocycles. The first-order chi connectivity index (χ1) is 9.68. The number of nitrogens with two attached hydrogens (primary N) is 1. The number of aromatic nitrogens is 3. The number of primary sulfonamides is 1. The van der Waals surface area contributed by atoms with Gasteiger partial charge in [-0.25, -0.2) is 13.6 Å². The van der Waals surface area contributed by atoms with E-state index in [1.54, 1.807) is 13.0 Å². The Morgan fingerprint density at radius 1 is 1.43 bits per heavy atom. The van der Waals surface area contributed by atoms with Crippen LogP contribution in [0.5, 0.6) is 0 Å². The highest BCUT2D eigenvalue weighted by Crippen LogP contribution is 2.17. The summed E-state index contributed by atoms with van der Waals surface area (Å²) >= 11 is 0. The molecule has 1 amide bonds. The van der Waals surface area contributed by atoms with E-state index in [1.165, 1.54) is 17.8 Å². The zero-order valence-corrected chi connectivity index (χ0v) is 12.1. The van der Waals surface area contributed by atoms with Crippen LogP contribution in [-0.2, 0) is 17.1 Å². The summed E-state index contributed by atoms with van der Waals surface area (Å²) in [7, 11) is -2.57. The molecule has 0 aliphatic rings. The second-order valence-corrected chi connectivity index (χ2v) is 5.93. The van der Waals surface area contributed by atoms with E-state index in [0.29, 0.717) is 5.69 Å². The van der Waals surface area contributed by atoms with Crippen LogP contribution in [0.15, 0.2) is 28.0 Å². The van der Waals surface area contributed by atoms with E-state index in [-0.39, 0.29) is 16.3 Å². The lowest BCUT2D eigenvalue weighted by Gasteiger charge is -2.03. The number of carbonyl (C=O) groups excluding carboxylic acids is 1. The van der Waals surface area contributed by atoms with Crippen molar-refractivity contribution < 1.29 is 13.2 Å². The monoisotopic (exact) mass is 311 g/mol. The third-order valence-corrected chi connectivity index (χ3v) is 3.55. The predicted octanol–water partition coefficient (Wildman–Crippen LogP) is -0.683. The molecule has 0 saturated carbocycles. The molecule has 0 fully saturated rings. The van der Waals surface area contributed by atoms with Crippen molar-refractivity contribution in [2.75, 3.05) is 5.32 Å². The summed E-state index contributed by atoms with van der Waals surface area (Å²) in [6.45, 7) is 1.67. The van der Waals surface area contributed by atoms with Crippen LogP contribution in [0, 0.1) is 6.92 Å². The topological polar surface area (TPSA) is 140 Å². The molecule has 0 aliphatic heterocycles.